The van der Waals surface area contributed by atoms with Crippen LogP contribution in [-0.2, 0) is 6.18 Å². The molecular weight excluding hydrogens is 367 g/mol. The number of ether oxygens (including phenoxy) is 2. The van der Waals surface area contributed by atoms with Crippen LogP contribution in [0.15, 0.2) is 60.9 Å². The fourth-order valence-electron chi connectivity index (χ4n) is 2.02. The topological polar surface area (TPSA) is 87.4 Å². The van der Waals surface area contributed by atoms with Crippen LogP contribution in [0.3, 0.4) is 0 Å². The molecule has 0 aliphatic rings. The van der Waals surface area contributed by atoms with Crippen molar-refractivity contribution < 1.29 is 27.6 Å². The molecule has 3 rings (SSSR count). The SMILES string of the molecule is O=[N+]([O-])c1cccnc1Oc1ccc(Oc2ccc(C(F)(F)F)cn2)cc1. The van der Waals surface area contributed by atoms with E-state index in [2.05, 4.69) is 9.97 Å². The Labute approximate surface area is 150 Å². The van der Waals surface area contributed by atoms with Crippen LogP contribution in [0.4, 0.5) is 18.9 Å². The lowest BCUT2D eigenvalue weighted by atomic mass is 10.3. The lowest BCUT2D eigenvalue weighted by molar-refractivity contribution is -0.386. The summed E-state index contributed by atoms with van der Waals surface area (Å²) in [5.74, 6) is 0.382. The van der Waals surface area contributed by atoms with Crippen molar-refractivity contribution in [2.75, 3.05) is 0 Å². The first-order valence-electron chi connectivity index (χ1n) is 7.41. The Kier molecular flexibility index (Phi) is 4.88. The first-order chi connectivity index (χ1) is 12.8. The van der Waals surface area contributed by atoms with Crippen molar-refractivity contribution in [3.8, 4) is 23.3 Å². The maximum atomic E-state index is 12.5. The summed E-state index contributed by atoms with van der Waals surface area (Å²) < 4.78 is 48.3. The van der Waals surface area contributed by atoms with Crippen molar-refractivity contribution in [1.29, 1.82) is 0 Å². The second-order valence-electron chi connectivity index (χ2n) is 5.14. The summed E-state index contributed by atoms with van der Waals surface area (Å²) in [5, 5.41) is 10.9. The minimum absolute atomic E-state index is 0.0166. The van der Waals surface area contributed by atoms with E-state index in [0.29, 0.717) is 11.9 Å². The van der Waals surface area contributed by atoms with Crippen molar-refractivity contribution in [3.63, 3.8) is 0 Å². The lowest BCUT2D eigenvalue weighted by Crippen LogP contribution is -2.05. The van der Waals surface area contributed by atoms with Gasteiger partial charge in [-0.2, -0.15) is 13.2 Å². The number of aromatic nitrogens is 2. The first kappa shape index (κ1) is 18.1. The molecule has 0 N–H and O–H groups in total. The number of halogens is 3. The van der Waals surface area contributed by atoms with Crippen molar-refractivity contribution in [2.45, 2.75) is 6.18 Å². The molecule has 0 radical (unpaired) electrons. The van der Waals surface area contributed by atoms with E-state index in [4.69, 9.17) is 9.47 Å². The van der Waals surface area contributed by atoms with E-state index in [1.807, 2.05) is 0 Å². The van der Waals surface area contributed by atoms with Crippen LogP contribution in [0.25, 0.3) is 0 Å². The Hall–Kier alpha value is -3.69. The highest BCUT2D eigenvalue weighted by Gasteiger charge is 2.30. The Balaban J connectivity index is 1.70. The van der Waals surface area contributed by atoms with Crippen molar-refractivity contribution >= 4 is 5.69 Å². The first-order valence-corrected chi connectivity index (χ1v) is 7.41. The lowest BCUT2D eigenvalue weighted by Gasteiger charge is -2.09. The molecular formula is C17H10F3N3O4. The number of hydrogen-bond donors (Lipinski definition) is 0. The van der Waals surface area contributed by atoms with E-state index in [0.717, 1.165) is 12.1 Å². The van der Waals surface area contributed by atoms with Crippen molar-refractivity contribution in [3.05, 3.63) is 76.6 Å². The Morgan fingerprint density at radius 2 is 1.59 bits per heavy atom. The Bertz CT molecular complexity index is 945. The van der Waals surface area contributed by atoms with Crippen LogP contribution in [0.2, 0.25) is 0 Å². The van der Waals surface area contributed by atoms with Gasteiger partial charge >= 0.3 is 11.9 Å². The predicted octanol–water partition coefficient (Wildman–Crippen LogP) is 4.99. The molecule has 2 aromatic heterocycles. The van der Waals surface area contributed by atoms with E-state index in [-0.39, 0.29) is 23.2 Å². The van der Waals surface area contributed by atoms with Gasteiger partial charge in [0.05, 0.1) is 10.5 Å². The number of nitrogens with zero attached hydrogens (tertiary/aromatic N) is 3. The van der Waals surface area contributed by atoms with Crippen LogP contribution < -0.4 is 9.47 Å². The second-order valence-corrected chi connectivity index (χ2v) is 5.14. The number of hydrogen-bond acceptors (Lipinski definition) is 6. The van der Waals surface area contributed by atoms with Gasteiger partial charge in [-0.05, 0) is 36.4 Å². The molecule has 0 aliphatic carbocycles. The minimum Gasteiger partial charge on any atom is -0.439 e. The zero-order chi connectivity index (χ0) is 19.4. The Morgan fingerprint density at radius 1 is 0.926 bits per heavy atom. The highest BCUT2D eigenvalue weighted by Crippen LogP contribution is 2.32. The van der Waals surface area contributed by atoms with Crippen LogP contribution in [0.1, 0.15) is 5.56 Å². The zero-order valence-electron chi connectivity index (χ0n) is 13.4. The van der Waals surface area contributed by atoms with Gasteiger partial charge in [-0.25, -0.2) is 9.97 Å². The summed E-state index contributed by atoms with van der Waals surface area (Å²) in [7, 11) is 0. The monoisotopic (exact) mass is 377 g/mol. The van der Waals surface area contributed by atoms with Gasteiger partial charge in [-0.15, -0.1) is 0 Å². The van der Waals surface area contributed by atoms with Crippen LogP contribution >= 0.6 is 0 Å². The largest absolute Gasteiger partial charge is 0.439 e. The minimum atomic E-state index is -4.47. The van der Waals surface area contributed by atoms with Gasteiger partial charge in [0.2, 0.25) is 5.88 Å². The molecule has 2 heterocycles. The van der Waals surface area contributed by atoms with Gasteiger partial charge < -0.3 is 9.47 Å². The quantitative estimate of drug-likeness (QED) is 0.460. The molecule has 0 fully saturated rings. The third kappa shape index (κ3) is 4.48. The van der Waals surface area contributed by atoms with E-state index in [9.17, 15) is 23.3 Å². The number of pyridine rings is 2. The molecule has 0 atom stereocenters. The molecule has 0 aliphatic heterocycles. The van der Waals surface area contributed by atoms with Crippen LogP contribution in [0, 0.1) is 10.1 Å². The standard InChI is InChI=1S/C17H10F3N3O4/c18-17(19,20)11-3-8-15(22-10-11)26-12-4-6-13(7-5-12)27-16-14(23(24)25)2-1-9-21-16/h1-10H. The highest BCUT2D eigenvalue weighted by molar-refractivity contribution is 5.43. The molecule has 0 saturated heterocycles. The fraction of sp³-hybridized carbons (Fsp3) is 0.0588. The molecule has 0 spiro atoms. The maximum absolute atomic E-state index is 12.5. The van der Waals surface area contributed by atoms with Gasteiger partial charge in [0, 0.05) is 24.5 Å². The van der Waals surface area contributed by atoms with E-state index >= 15 is 0 Å². The number of alkyl halides is 3. The van der Waals surface area contributed by atoms with E-state index in [1.165, 1.54) is 42.6 Å². The van der Waals surface area contributed by atoms with Gasteiger partial charge in [-0.1, -0.05) is 0 Å². The average Bonchev–Trinajstić information content (AvgIpc) is 2.63. The van der Waals surface area contributed by atoms with Crippen LogP contribution in [-0.4, -0.2) is 14.9 Å². The third-order valence-corrected chi connectivity index (χ3v) is 3.27. The molecule has 0 amide bonds. The summed E-state index contributed by atoms with van der Waals surface area (Å²) in [6.45, 7) is 0. The fourth-order valence-corrected chi connectivity index (χ4v) is 2.02. The maximum Gasteiger partial charge on any atom is 0.417 e. The summed E-state index contributed by atoms with van der Waals surface area (Å²) in [5.41, 5.74) is -1.16. The predicted molar refractivity (Wildman–Crippen MR) is 86.7 cm³/mol. The number of benzene rings is 1. The molecule has 138 valence electrons. The molecule has 3 aromatic rings. The summed E-state index contributed by atoms with van der Waals surface area (Å²) in [6.07, 6.45) is -2.44. The van der Waals surface area contributed by atoms with E-state index in [1.54, 1.807) is 0 Å². The Morgan fingerprint density at radius 3 is 2.15 bits per heavy atom. The average molecular weight is 377 g/mol. The van der Waals surface area contributed by atoms with Crippen LogP contribution in [0.5, 0.6) is 23.3 Å². The molecule has 1 aromatic carbocycles. The van der Waals surface area contributed by atoms with Crippen molar-refractivity contribution in [1.82, 2.24) is 9.97 Å². The summed E-state index contributed by atoms with van der Waals surface area (Å²) >= 11 is 0. The molecule has 7 nitrogen and oxygen atoms in total. The van der Waals surface area contributed by atoms with Gasteiger partial charge in [0.15, 0.2) is 0 Å². The molecule has 27 heavy (non-hydrogen) atoms. The summed E-state index contributed by atoms with van der Waals surface area (Å²) in [4.78, 5) is 17.7. The normalized spacial score (nSPS) is 11.1. The van der Waals surface area contributed by atoms with Gasteiger partial charge in [0.1, 0.15) is 11.5 Å². The molecule has 0 saturated carbocycles. The number of rotatable bonds is 5. The molecule has 0 unspecified atom stereocenters. The highest BCUT2D eigenvalue weighted by atomic mass is 19.4. The third-order valence-electron chi connectivity index (χ3n) is 3.27. The molecule has 0 bridgehead atoms. The van der Waals surface area contributed by atoms with Gasteiger partial charge in [-0.3, -0.25) is 10.1 Å². The zero-order valence-corrected chi connectivity index (χ0v) is 13.4. The second kappa shape index (κ2) is 7.28. The molecule has 10 heteroatoms. The van der Waals surface area contributed by atoms with Crippen molar-refractivity contribution in [2.24, 2.45) is 0 Å². The smallest absolute Gasteiger partial charge is 0.417 e. The summed E-state index contributed by atoms with van der Waals surface area (Å²) in [6, 6.07) is 10.5. The van der Waals surface area contributed by atoms with E-state index < -0.39 is 16.7 Å². The number of nitro groups is 1. The van der Waals surface area contributed by atoms with Gasteiger partial charge in [0.25, 0.3) is 5.88 Å².